The van der Waals surface area contributed by atoms with Gasteiger partial charge in [-0.1, -0.05) is 85.3 Å². The van der Waals surface area contributed by atoms with Gasteiger partial charge in [-0.15, -0.1) is 0 Å². The molecule has 0 aliphatic carbocycles. The van der Waals surface area contributed by atoms with Gasteiger partial charge in [-0.05, 0) is 104 Å². The number of unbranched alkanes of at least 4 members (excludes halogenated alkanes) is 5. The van der Waals surface area contributed by atoms with Crippen molar-refractivity contribution in [2.45, 2.75) is 83.5 Å². The maximum absolute atomic E-state index is 15.1. The lowest BCUT2D eigenvalue weighted by Gasteiger charge is -2.38. The first-order chi connectivity index (χ1) is 37.4. The number of benzene rings is 4. The van der Waals surface area contributed by atoms with E-state index in [0.29, 0.717) is 65.5 Å². The number of H-pyrrole nitrogens is 1. The number of rotatable bonds is 19. The molecule has 0 bridgehead atoms. The summed E-state index contributed by atoms with van der Waals surface area (Å²) in [5.41, 5.74) is 7.59. The summed E-state index contributed by atoms with van der Waals surface area (Å²) in [6, 6.07) is 29.7. The zero-order chi connectivity index (χ0) is 53.6. The van der Waals surface area contributed by atoms with Crippen molar-refractivity contribution in [2.24, 2.45) is 4.99 Å². The van der Waals surface area contributed by atoms with E-state index in [4.69, 9.17) is 37.7 Å². The van der Waals surface area contributed by atoms with E-state index in [0.717, 1.165) is 88.5 Å². The second-order valence-electron chi connectivity index (χ2n) is 19.9. The molecular formula is C60H60Cl2FN9O5. The number of hydrogen-bond donors (Lipinski definition) is 1. The van der Waals surface area contributed by atoms with Gasteiger partial charge in [0.1, 0.15) is 41.4 Å². The molecule has 2 aliphatic rings. The molecule has 0 saturated carbocycles. The Hall–Kier alpha value is -7.75. The van der Waals surface area contributed by atoms with Crippen LogP contribution in [0.1, 0.15) is 97.9 Å². The first-order valence-corrected chi connectivity index (χ1v) is 26.9. The highest BCUT2D eigenvalue weighted by molar-refractivity contribution is 6.30. The van der Waals surface area contributed by atoms with Gasteiger partial charge >= 0.3 is 6.03 Å². The van der Waals surface area contributed by atoms with E-state index in [9.17, 15) is 14.0 Å². The zero-order valence-electron chi connectivity index (χ0n) is 43.2. The Bertz CT molecular complexity index is 3430. The fraction of sp³-hybridized carbons (Fsp3) is 0.300. The number of carbonyl (C=O) groups excluding carboxylic acids is 3. The third-order valence-corrected chi connectivity index (χ3v) is 14.7. The summed E-state index contributed by atoms with van der Waals surface area (Å²) in [6.45, 7) is 5.73. The van der Waals surface area contributed by atoms with Gasteiger partial charge in [-0.25, -0.2) is 18.9 Å². The number of aromatic amines is 1. The molecule has 77 heavy (non-hydrogen) atoms. The van der Waals surface area contributed by atoms with Gasteiger partial charge in [-0.2, -0.15) is 5.10 Å². The molecule has 2 atom stereocenters. The lowest BCUT2D eigenvalue weighted by molar-refractivity contribution is -0.135. The number of nitrogens with one attached hydrogen (secondary N) is 1. The molecule has 0 unspecified atom stereocenters. The summed E-state index contributed by atoms with van der Waals surface area (Å²) >= 11 is 12.7. The predicted octanol–water partition coefficient (Wildman–Crippen LogP) is 13.1. The number of fused-ring (bicyclic) bond motifs is 1. The van der Waals surface area contributed by atoms with Gasteiger partial charge in [0.15, 0.2) is 0 Å². The van der Waals surface area contributed by atoms with Gasteiger partial charge < -0.3 is 28.8 Å². The summed E-state index contributed by atoms with van der Waals surface area (Å²) in [5, 5.41) is 6.50. The van der Waals surface area contributed by atoms with E-state index < -0.39 is 12.1 Å². The van der Waals surface area contributed by atoms with Gasteiger partial charge in [0, 0.05) is 107 Å². The number of urea groups is 1. The normalized spacial score (nSPS) is 15.7. The average molecular weight is 1080 g/mol. The van der Waals surface area contributed by atoms with Crippen LogP contribution in [0.3, 0.4) is 0 Å². The van der Waals surface area contributed by atoms with Crippen LogP contribution in [0.25, 0.3) is 33.3 Å². The van der Waals surface area contributed by atoms with E-state index in [1.165, 1.54) is 10.7 Å². The van der Waals surface area contributed by atoms with Crippen molar-refractivity contribution < 1.29 is 28.2 Å². The smallest absolute Gasteiger partial charge is 0.326 e. The first kappa shape index (κ1) is 52.7. The molecule has 396 valence electrons. The van der Waals surface area contributed by atoms with Crippen molar-refractivity contribution in [3.63, 3.8) is 0 Å². The van der Waals surface area contributed by atoms with Crippen molar-refractivity contribution in [2.75, 3.05) is 33.3 Å². The number of hydrogen-bond acceptors (Lipinski definition) is 8. The summed E-state index contributed by atoms with van der Waals surface area (Å²) in [5.74, 6) is 1.11. The largest absolute Gasteiger partial charge is 0.497 e. The molecule has 0 spiro atoms. The number of nitrogens with zero attached hydrogens (tertiary/aromatic N) is 8. The Morgan fingerprint density at radius 3 is 2.30 bits per heavy atom. The number of piperazine rings is 1. The van der Waals surface area contributed by atoms with Gasteiger partial charge in [0.2, 0.25) is 11.8 Å². The van der Waals surface area contributed by atoms with E-state index in [1.807, 2.05) is 103 Å². The fourth-order valence-corrected chi connectivity index (χ4v) is 10.5. The molecular weight excluding hydrogens is 1020 g/mol. The molecule has 2 aliphatic heterocycles. The second kappa shape index (κ2) is 23.6. The average Bonchev–Trinajstić information content (AvgIpc) is 4.32. The minimum Gasteiger partial charge on any atom is -0.497 e. The third-order valence-electron chi connectivity index (χ3n) is 14.2. The molecule has 3 amide bonds. The summed E-state index contributed by atoms with van der Waals surface area (Å²) in [7, 11) is 1.59. The van der Waals surface area contributed by atoms with Crippen LogP contribution in [0.4, 0.5) is 9.18 Å². The third kappa shape index (κ3) is 12.1. The van der Waals surface area contributed by atoms with Crippen LogP contribution in [0.5, 0.6) is 11.5 Å². The number of amidine groups is 1. The molecule has 1 N–H and O–H groups in total. The maximum atomic E-state index is 15.1. The minimum atomic E-state index is -0.590. The number of aliphatic imine (C=N–C) groups is 1. The predicted molar refractivity (Wildman–Crippen MR) is 298 cm³/mol. The quantitative estimate of drug-likeness (QED) is 0.0794. The van der Waals surface area contributed by atoms with Crippen LogP contribution in [0.2, 0.25) is 10.0 Å². The highest BCUT2D eigenvalue weighted by Crippen LogP contribution is 2.46. The van der Waals surface area contributed by atoms with E-state index >= 15 is 4.79 Å². The molecule has 0 radical (unpaired) electrons. The number of ether oxygens (including phenoxy) is 2. The molecule has 6 heterocycles. The maximum Gasteiger partial charge on any atom is 0.326 e. The van der Waals surface area contributed by atoms with Gasteiger partial charge in [-0.3, -0.25) is 19.5 Å². The van der Waals surface area contributed by atoms with Crippen LogP contribution in [-0.4, -0.2) is 102 Å². The number of halogens is 3. The standard InChI is InChI=1S/C60H60Cl2FN9O5/c1-39(2)77-53-31-49(76-3)22-23-50(53)59-67-56(41-14-18-46(61)19-15-41)57(42-16-20-47(62)21-17-42)72(59)60(75)70-28-27-69(55(74)38-70)25-9-7-5-4-6-8-13-54(73)71-37-45(33-66-71)44-30-51-52(34-65-58(51)64-32-44)43-24-26-68(36-43)35-40-11-10-12-48(63)29-40/h10-12,14-24,26,29-34,36-37,39,56-57H,4-9,13,25,27-28,35,38H2,1-3H3,(H,64,65)/t56-,57+/m1/s1. The SMILES string of the molecule is COc1ccc(C2=N[C@H](c3ccc(Cl)cc3)[C@H](c3ccc(Cl)cc3)N2C(=O)N2CCN(CCCCCCCCC(=O)n3cc(-c4cnc5[nH]cc(-c6ccn(Cc7cccc(F)c7)c6)c5c4)cn3)C(=O)C2)c(OC(C)C)c1. The molecule has 1 saturated heterocycles. The summed E-state index contributed by atoms with van der Waals surface area (Å²) in [4.78, 5) is 60.6. The van der Waals surface area contributed by atoms with Gasteiger partial charge in [0.25, 0.3) is 0 Å². The number of pyridine rings is 1. The Kier molecular flexibility index (Phi) is 16.2. The van der Waals surface area contributed by atoms with E-state index in [-0.39, 0.29) is 36.3 Å². The molecule has 14 nitrogen and oxygen atoms in total. The lowest BCUT2D eigenvalue weighted by Crippen LogP contribution is -2.56. The van der Waals surface area contributed by atoms with Crippen LogP contribution in [-0.2, 0) is 11.3 Å². The van der Waals surface area contributed by atoms with Crippen molar-refractivity contribution >= 4 is 57.9 Å². The fourth-order valence-electron chi connectivity index (χ4n) is 10.2. The highest BCUT2D eigenvalue weighted by Gasteiger charge is 2.45. The first-order valence-electron chi connectivity index (χ1n) is 26.1. The van der Waals surface area contributed by atoms with Crippen LogP contribution < -0.4 is 9.47 Å². The van der Waals surface area contributed by atoms with Crippen molar-refractivity contribution in [1.82, 2.24) is 39.0 Å². The molecule has 1 fully saturated rings. The Balaban J connectivity index is 0.712. The molecule has 4 aromatic heterocycles. The lowest BCUT2D eigenvalue weighted by atomic mass is 9.93. The zero-order valence-corrected chi connectivity index (χ0v) is 44.8. The Morgan fingerprint density at radius 2 is 1.56 bits per heavy atom. The molecule has 8 aromatic rings. The topological polar surface area (TPSA) is 143 Å². The monoisotopic (exact) mass is 1080 g/mol. The van der Waals surface area contributed by atoms with Crippen LogP contribution in [0.15, 0.2) is 145 Å². The van der Waals surface area contributed by atoms with Gasteiger partial charge in [0.05, 0.1) is 31.0 Å². The summed E-state index contributed by atoms with van der Waals surface area (Å²) in [6.07, 6.45) is 16.8. The van der Waals surface area contributed by atoms with Crippen molar-refractivity contribution in [3.8, 4) is 33.8 Å². The Morgan fingerprint density at radius 1 is 0.805 bits per heavy atom. The number of aromatic nitrogens is 5. The Labute approximate surface area is 457 Å². The second-order valence-corrected chi connectivity index (χ2v) is 20.8. The number of methoxy groups -OCH3 is 1. The minimum absolute atomic E-state index is 0.0656. The summed E-state index contributed by atoms with van der Waals surface area (Å²) < 4.78 is 29.1. The van der Waals surface area contributed by atoms with E-state index in [1.54, 1.807) is 65.8 Å². The van der Waals surface area contributed by atoms with E-state index in [2.05, 4.69) is 21.1 Å². The number of amides is 3. The number of carbonyl (C=O) groups is 3. The van der Waals surface area contributed by atoms with Crippen molar-refractivity contribution in [1.29, 1.82) is 0 Å². The molecule has 17 heteroatoms. The molecule has 4 aromatic carbocycles. The highest BCUT2D eigenvalue weighted by atomic mass is 35.5. The van der Waals surface area contributed by atoms with Crippen LogP contribution >= 0.6 is 23.2 Å². The van der Waals surface area contributed by atoms with Crippen LogP contribution in [0, 0.1) is 5.82 Å². The van der Waals surface area contributed by atoms with Crippen molar-refractivity contribution in [3.05, 3.63) is 178 Å². The molecule has 10 rings (SSSR count).